The average Bonchev–Trinajstić information content (AvgIpc) is 3.19. The topological polar surface area (TPSA) is 72.0 Å². The Labute approximate surface area is 163 Å². The van der Waals surface area contributed by atoms with E-state index < -0.39 is 9.84 Å². The second-order valence-electron chi connectivity index (χ2n) is 7.01. The zero-order valence-corrected chi connectivity index (χ0v) is 17.0. The second-order valence-corrected chi connectivity index (χ2v) is 10.3. The number of rotatable bonds is 7. The Kier molecular flexibility index (Phi) is 5.14. The summed E-state index contributed by atoms with van der Waals surface area (Å²) in [7, 11) is -3.11. The third kappa shape index (κ3) is 4.14. The van der Waals surface area contributed by atoms with Crippen molar-refractivity contribution in [2.24, 2.45) is 0 Å². The minimum absolute atomic E-state index is 0.0999. The Morgan fingerprint density at radius 1 is 1.15 bits per heavy atom. The maximum absolute atomic E-state index is 12.3. The van der Waals surface area contributed by atoms with Gasteiger partial charge in [-0.25, -0.2) is 18.4 Å². The highest BCUT2D eigenvalue weighted by atomic mass is 32.2. The van der Waals surface area contributed by atoms with E-state index in [1.807, 2.05) is 37.3 Å². The lowest BCUT2D eigenvalue weighted by Gasteiger charge is -2.09. The van der Waals surface area contributed by atoms with Crippen molar-refractivity contribution in [1.29, 1.82) is 0 Å². The van der Waals surface area contributed by atoms with Gasteiger partial charge in [0.1, 0.15) is 16.5 Å². The number of aromatic nitrogens is 2. The number of anilines is 1. The van der Waals surface area contributed by atoms with Crippen molar-refractivity contribution in [3.05, 3.63) is 52.2 Å². The summed E-state index contributed by atoms with van der Waals surface area (Å²) in [6.45, 7) is 2.49. The predicted octanol–water partition coefficient (Wildman–Crippen LogP) is 3.91. The fraction of sp³-hybridized carbons (Fsp3) is 0.400. The lowest BCUT2D eigenvalue weighted by Crippen LogP contribution is -2.14. The fourth-order valence-corrected chi connectivity index (χ4v) is 6.37. The van der Waals surface area contributed by atoms with Gasteiger partial charge in [0.05, 0.1) is 16.9 Å². The number of nitrogens with one attached hydrogen (secondary N) is 1. The molecule has 27 heavy (non-hydrogen) atoms. The molecule has 0 fully saturated rings. The van der Waals surface area contributed by atoms with E-state index in [1.54, 1.807) is 11.3 Å². The largest absolute Gasteiger partial charge is 0.369 e. The second kappa shape index (κ2) is 7.56. The zero-order chi connectivity index (χ0) is 18.9. The maximum atomic E-state index is 12.3. The molecule has 1 aliphatic rings. The summed E-state index contributed by atoms with van der Waals surface area (Å²) in [5.41, 5.74) is 2.22. The maximum Gasteiger partial charge on any atom is 0.154 e. The Balaban J connectivity index is 1.41. The van der Waals surface area contributed by atoms with E-state index in [0.717, 1.165) is 40.3 Å². The monoisotopic (exact) mass is 401 g/mol. The zero-order valence-electron chi connectivity index (χ0n) is 15.4. The Hall–Kier alpha value is -1.99. The fourth-order valence-electron chi connectivity index (χ4n) is 3.63. The van der Waals surface area contributed by atoms with Crippen LogP contribution in [0.3, 0.4) is 0 Å². The highest BCUT2D eigenvalue weighted by molar-refractivity contribution is 7.90. The van der Waals surface area contributed by atoms with Crippen LogP contribution in [0.25, 0.3) is 10.2 Å². The third-order valence-electron chi connectivity index (χ3n) is 4.83. The lowest BCUT2D eigenvalue weighted by molar-refractivity contribution is 0.593. The number of hydrogen-bond donors (Lipinski definition) is 1. The van der Waals surface area contributed by atoms with Crippen molar-refractivity contribution in [1.82, 2.24) is 9.97 Å². The van der Waals surface area contributed by atoms with E-state index in [1.165, 1.54) is 16.9 Å². The first-order chi connectivity index (χ1) is 13.0. The van der Waals surface area contributed by atoms with Crippen molar-refractivity contribution in [3.8, 4) is 0 Å². The Morgan fingerprint density at radius 2 is 1.96 bits per heavy atom. The Bertz CT molecular complexity index is 1060. The van der Waals surface area contributed by atoms with Gasteiger partial charge < -0.3 is 5.32 Å². The van der Waals surface area contributed by atoms with Crippen LogP contribution in [-0.2, 0) is 28.4 Å². The molecule has 3 aromatic rings. The molecule has 0 saturated heterocycles. The molecule has 5 nitrogen and oxygen atoms in total. The van der Waals surface area contributed by atoms with E-state index in [9.17, 15) is 8.42 Å². The van der Waals surface area contributed by atoms with E-state index >= 15 is 0 Å². The van der Waals surface area contributed by atoms with Gasteiger partial charge in [-0.15, -0.1) is 11.3 Å². The number of sulfone groups is 1. The minimum Gasteiger partial charge on any atom is -0.369 e. The molecule has 0 spiro atoms. The summed E-state index contributed by atoms with van der Waals surface area (Å²) in [4.78, 5) is 11.6. The van der Waals surface area contributed by atoms with Crippen LogP contribution in [0.1, 0.15) is 34.7 Å². The van der Waals surface area contributed by atoms with Crippen LogP contribution in [0.2, 0.25) is 0 Å². The van der Waals surface area contributed by atoms with E-state index in [2.05, 4.69) is 15.3 Å². The van der Waals surface area contributed by atoms with Crippen LogP contribution >= 0.6 is 11.3 Å². The van der Waals surface area contributed by atoms with Crippen LogP contribution in [0.4, 0.5) is 5.82 Å². The molecule has 0 aliphatic heterocycles. The van der Waals surface area contributed by atoms with E-state index in [-0.39, 0.29) is 11.5 Å². The van der Waals surface area contributed by atoms with Gasteiger partial charge in [-0.3, -0.25) is 0 Å². The molecular weight excluding hydrogens is 378 g/mol. The first-order valence-corrected chi connectivity index (χ1v) is 11.9. The molecule has 0 amide bonds. The van der Waals surface area contributed by atoms with Gasteiger partial charge in [0.2, 0.25) is 0 Å². The molecule has 142 valence electrons. The minimum atomic E-state index is -3.11. The van der Waals surface area contributed by atoms with Crippen molar-refractivity contribution in [2.45, 2.75) is 38.4 Å². The molecule has 1 aromatic carbocycles. The summed E-state index contributed by atoms with van der Waals surface area (Å²) in [6, 6.07) is 9.34. The molecule has 1 aliphatic carbocycles. The first kappa shape index (κ1) is 18.4. The molecule has 4 rings (SSSR count). The molecule has 2 aromatic heterocycles. The van der Waals surface area contributed by atoms with Gasteiger partial charge >= 0.3 is 0 Å². The molecule has 0 unspecified atom stereocenters. The number of hydrogen-bond acceptors (Lipinski definition) is 6. The van der Waals surface area contributed by atoms with Gasteiger partial charge in [0.25, 0.3) is 0 Å². The van der Waals surface area contributed by atoms with Crippen LogP contribution in [0.5, 0.6) is 0 Å². The van der Waals surface area contributed by atoms with Gasteiger partial charge in [-0.2, -0.15) is 0 Å². The van der Waals surface area contributed by atoms with Crippen LogP contribution in [-0.4, -0.2) is 30.7 Å². The molecule has 0 bridgehead atoms. The van der Waals surface area contributed by atoms with Crippen molar-refractivity contribution < 1.29 is 8.42 Å². The smallest absolute Gasteiger partial charge is 0.154 e. The number of fused-ring (bicyclic) bond motifs is 3. The number of aryl methyl sites for hydroxylation is 3. The summed E-state index contributed by atoms with van der Waals surface area (Å²) in [5.74, 6) is 1.88. The molecule has 1 N–H and O–H groups in total. The molecule has 0 atom stereocenters. The normalized spacial score (nSPS) is 13.8. The first-order valence-electron chi connectivity index (χ1n) is 9.29. The van der Waals surface area contributed by atoms with E-state index in [4.69, 9.17) is 0 Å². The average molecular weight is 402 g/mol. The van der Waals surface area contributed by atoms with Crippen LogP contribution < -0.4 is 5.32 Å². The number of benzene rings is 1. The summed E-state index contributed by atoms with van der Waals surface area (Å²) in [6.07, 6.45) is 3.97. The van der Waals surface area contributed by atoms with Crippen molar-refractivity contribution in [2.75, 3.05) is 17.6 Å². The third-order valence-corrected chi connectivity index (χ3v) is 7.70. The van der Waals surface area contributed by atoms with Crippen LogP contribution in [0, 0.1) is 6.92 Å². The summed E-state index contributed by atoms with van der Waals surface area (Å²) < 4.78 is 24.7. The van der Waals surface area contributed by atoms with Gasteiger partial charge in [-0.05, 0) is 43.7 Å². The Morgan fingerprint density at radius 3 is 2.78 bits per heavy atom. The molecule has 7 heteroatoms. The van der Waals surface area contributed by atoms with E-state index in [0.29, 0.717) is 13.0 Å². The molecular formula is C20H23N3O2S2. The van der Waals surface area contributed by atoms with Crippen molar-refractivity contribution in [3.63, 3.8) is 0 Å². The van der Waals surface area contributed by atoms with Crippen LogP contribution in [0.15, 0.2) is 30.3 Å². The quantitative estimate of drug-likeness (QED) is 0.608. The molecule has 0 saturated carbocycles. The number of nitrogens with zero attached hydrogens (tertiary/aromatic N) is 2. The van der Waals surface area contributed by atoms with Crippen molar-refractivity contribution >= 4 is 37.2 Å². The summed E-state index contributed by atoms with van der Waals surface area (Å²) >= 11 is 1.77. The highest BCUT2D eigenvalue weighted by Crippen LogP contribution is 2.39. The predicted molar refractivity (Wildman–Crippen MR) is 111 cm³/mol. The van der Waals surface area contributed by atoms with Gasteiger partial charge in [0.15, 0.2) is 9.84 Å². The molecule has 2 heterocycles. The SMILES string of the molecule is Cc1nc(NCCCS(=O)(=O)Cc2ccccc2)c2c3c(sc2n1)CCC3. The molecule has 0 radical (unpaired) electrons. The lowest BCUT2D eigenvalue weighted by atomic mass is 10.2. The standard InChI is InChI=1S/C20H23N3O2S2/c1-14-22-19(18-16-9-5-10-17(16)26-20(18)23-14)21-11-6-12-27(24,25)13-15-7-3-2-4-8-15/h2-4,7-8H,5-6,9-13H2,1H3,(H,21,22,23). The van der Waals surface area contributed by atoms with Gasteiger partial charge in [-0.1, -0.05) is 30.3 Å². The number of thiophene rings is 1. The highest BCUT2D eigenvalue weighted by Gasteiger charge is 2.21. The summed E-state index contributed by atoms with van der Waals surface area (Å²) in [5, 5.41) is 4.52. The van der Waals surface area contributed by atoms with Gasteiger partial charge in [0, 0.05) is 11.4 Å².